The number of para-hydroxylation sites is 1. The highest BCUT2D eigenvalue weighted by atomic mass is 16.2. The molecular formula is C19H25N5O. The molecule has 0 aliphatic carbocycles. The first-order valence-corrected chi connectivity index (χ1v) is 8.62. The number of amides is 1. The van der Waals surface area contributed by atoms with Crippen molar-refractivity contribution in [3.05, 3.63) is 42.7 Å². The minimum Gasteiger partial charge on any atom is -0.368 e. The van der Waals surface area contributed by atoms with Gasteiger partial charge in [-0.1, -0.05) is 39.0 Å². The number of carbonyl (C=O) groups is 1. The van der Waals surface area contributed by atoms with Crippen LogP contribution in [-0.4, -0.2) is 42.1 Å². The van der Waals surface area contributed by atoms with Gasteiger partial charge in [0.05, 0.1) is 18.1 Å². The van der Waals surface area contributed by atoms with Crippen LogP contribution >= 0.6 is 0 Å². The molecule has 0 unspecified atom stereocenters. The molecule has 3 rings (SSSR count). The highest BCUT2D eigenvalue weighted by Gasteiger charge is 2.22. The average Bonchev–Trinajstić information content (AvgIpc) is 2.62. The zero-order valence-electron chi connectivity index (χ0n) is 15.1. The lowest BCUT2D eigenvalue weighted by Gasteiger charge is -2.36. The van der Waals surface area contributed by atoms with Crippen LogP contribution in [0.2, 0.25) is 0 Å². The second-order valence-corrected chi connectivity index (χ2v) is 7.29. The molecule has 2 aromatic rings. The number of piperazine rings is 1. The maximum absolute atomic E-state index is 12.0. The highest BCUT2D eigenvalue weighted by Crippen LogP contribution is 2.19. The first-order chi connectivity index (χ1) is 11.9. The van der Waals surface area contributed by atoms with Gasteiger partial charge in [-0.15, -0.1) is 0 Å². The third kappa shape index (κ3) is 4.26. The predicted octanol–water partition coefficient (Wildman–Crippen LogP) is 2.79. The number of benzene rings is 1. The average molecular weight is 339 g/mol. The van der Waals surface area contributed by atoms with E-state index in [9.17, 15) is 4.79 Å². The summed E-state index contributed by atoms with van der Waals surface area (Å²) < 4.78 is 0. The van der Waals surface area contributed by atoms with Crippen molar-refractivity contribution in [1.29, 1.82) is 0 Å². The number of hydrogen-bond donors (Lipinski definition) is 1. The fourth-order valence-electron chi connectivity index (χ4n) is 2.67. The Morgan fingerprint density at radius 1 is 0.960 bits per heavy atom. The van der Waals surface area contributed by atoms with Crippen molar-refractivity contribution in [3.8, 4) is 0 Å². The topological polar surface area (TPSA) is 61.4 Å². The third-order valence-corrected chi connectivity index (χ3v) is 4.26. The van der Waals surface area contributed by atoms with E-state index in [-0.39, 0.29) is 5.91 Å². The molecule has 1 fully saturated rings. The Morgan fingerprint density at radius 2 is 1.52 bits per heavy atom. The van der Waals surface area contributed by atoms with E-state index in [0.29, 0.717) is 11.6 Å². The van der Waals surface area contributed by atoms with Gasteiger partial charge in [-0.3, -0.25) is 4.79 Å². The van der Waals surface area contributed by atoms with Gasteiger partial charge < -0.3 is 15.1 Å². The largest absolute Gasteiger partial charge is 0.368 e. The Bertz CT molecular complexity index is 701. The number of rotatable bonds is 3. The van der Waals surface area contributed by atoms with Crippen LogP contribution in [0, 0.1) is 5.41 Å². The lowest BCUT2D eigenvalue weighted by molar-refractivity contribution is -0.123. The molecule has 6 heteroatoms. The molecule has 1 aromatic carbocycles. The molecule has 1 N–H and O–H groups in total. The molecule has 0 saturated carbocycles. The fraction of sp³-hybridized carbons (Fsp3) is 0.421. The first kappa shape index (κ1) is 17.2. The zero-order valence-corrected chi connectivity index (χ0v) is 15.1. The number of aromatic nitrogens is 2. The molecule has 0 radical (unpaired) electrons. The van der Waals surface area contributed by atoms with Gasteiger partial charge in [0.2, 0.25) is 11.9 Å². The Balaban J connectivity index is 1.58. The van der Waals surface area contributed by atoms with Gasteiger partial charge in [-0.05, 0) is 12.1 Å². The molecule has 1 aromatic heterocycles. The Morgan fingerprint density at radius 3 is 2.08 bits per heavy atom. The van der Waals surface area contributed by atoms with E-state index in [1.807, 2.05) is 26.8 Å². The van der Waals surface area contributed by atoms with E-state index in [2.05, 4.69) is 49.4 Å². The van der Waals surface area contributed by atoms with Crippen molar-refractivity contribution >= 4 is 23.2 Å². The molecule has 0 bridgehead atoms. The molecule has 1 aliphatic heterocycles. The summed E-state index contributed by atoms with van der Waals surface area (Å²) >= 11 is 0. The van der Waals surface area contributed by atoms with Crippen LogP contribution in [0.15, 0.2) is 42.7 Å². The summed E-state index contributed by atoms with van der Waals surface area (Å²) in [7, 11) is 0. The summed E-state index contributed by atoms with van der Waals surface area (Å²) in [6, 6.07) is 10.4. The lowest BCUT2D eigenvalue weighted by atomic mass is 9.96. The summed E-state index contributed by atoms with van der Waals surface area (Å²) in [6.45, 7) is 9.27. The highest BCUT2D eigenvalue weighted by molar-refractivity contribution is 5.94. The van der Waals surface area contributed by atoms with Crippen LogP contribution in [-0.2, 0) is 4.79 Å². The molecule has 1 aliphatic rings. The molecule has 6 nitrogen and oxygen atoms in total. The Kier molecular flexibility index (Phi) is 4.88. The normalized spacial score (nSPS) is 15.2. The van der Waals surface area contributed by atoms with Crippen LogP contribution in [0.1, 0.15) is 20.8 Å². The summed E-state index contributed by atoms with van der Waals surface area (Å²) in [5.74, 6) is 0.668. The number of nitrogens with zero attached hydrogens (tertiary/aromatic N) is 4. The van der Waals surface area contributed by atoms with E-state index in [1.165, 1.54) is 5.69 Å². The minimum atomic E-state index is -0.438. The molecule has 0 spiro atoms. The summed E-state index contributed by atoms with van der Waals surface area (Å²) in [5, 5.41) is 2.85. The van der Waals surface area contributed by atoms with Crippen LogP contribution < -0.4 is 15.1 Å². The van der Waals surface area contributed by atoms with Gasteiger partial charge >= 0.3 is 0 Å². The minimum absolute atomic E-state index is 0.0414. The van der Waals surface area contributed by atoms with E-state index < -0.39 is 5.41 Å². The van der Waals surface area contributed by atoms with Crippen molar-refractivity contribution in [1.82, 2.24) is 9.97 Å². The van der Waals surface area contributed by atoms with Gasteiger partial charge in [0, 0.05) is 37.3 Å². The quantitative estimate of drug-likeness (QED) is 0.932. The second kappa shape index (κ2) is 7.09. The lowest BCUT2D eigenvalue weighted by Crippen LogP contribution is -2.47. The zero-order chi connectivity index (χ0) is 17.9. The van der Waals surface area contributed by atoms with Crippen LogP contribution in [0.3, 0.4) is 0 Å². The second-order valence-electron chi connectivity index (χ2n) is 7.29. The molecular weight excluding hydrogens is 314 g/mol. The first-order valence-electron chi connectivity index (χ1n) is 8.62. The standard InChI is InChI=1S/C19H25N5O/c1-19(2,3)17(25)22-15-13-20-18(21-14-15)24-11-9-23(10-12-24)16-7-5-4-6-8-16/h4-8,13-14H,9-12H2,1-3H3,(H,22,25). The summed E-state index contributed by atoms with van der Waals surface area (Å²) in [5.41, 5.74) is 1.45. The number of anilines is 3. The summed E-state index contributed by atoms with van der Waals surface area (Å²) in [4.78, 5) is 25.4. The summed E-state index contributed by atoms with van der Waals surface area (Å²) in [6.07, 6.45) is 3.35. The smallest absolute Gasteiger partial charge is 0.229 e. The van der Waals surface area contributed by atoms with Crippen LogP contribution in [0.5, 0.6) is 0 Å². The SMILES string of the molecule is CC(C)(C)C(=O)Nc1cnc(N2CCN(c3ccccc3)CC2)nc1. The number of carbonyl (C=O) groups excluding carboxylic acids is 1. The molecule has 1 amide bonds. The van der Waals surface area contributed by atoms with E-state index in [0.717, 1.165) is 26.2 Å². The maximum atomic E-state index is 12.0. The monoisotopic (exact) mass is 339 g/mol. The van der Waals surface area contributed by atoms with Crippen LogP contribution in [0.25, 0.3) is 0 Å². The van der Waals surface area contributed by atoms with Gasteiger partial charge in [0.25, 0.3) is 0 Å². The Hall–Kier alpha value is -2.63. The van der Waals surface area contributed by atoms with Crippen molar-refractivity contribution < 1.29 is 4.79 Å². The fourth-order valence-corrected chi connectivity index (χ4v) is 2.67. The molecule has 132 valence electrons. The van der Waals surface area contributed by atoms with Crippen molar-refractivity contribution in [2.24, 2.45) is 5.41 Å². The van der Waals surface area contributed by atoms with Gasteiger partial charge in [0.15, 0.2) is 0 Å². The van der Waals surface area contributed by atoms with E-state index >= 15 is 0 Å². The van der Waals surface area contributed by atoms with Gasteiger partial charge in [-0.2, -0.15) is 0 Å². The van der Waals surface area contributed by atoms with Crippen molar-refractivity contribution in [2.75, 3.05) is 41.3 Å². The molecule has 25 heavy (non-hydrogen) atoms. The van der Waals surface area contributed by atoms with E-state index in [4.69, 9.17) is 0 Å². The van der Waals surface area contributed by atoms with Crippen molar-refractivity contribution in [2.45, 2.75) is 20.8 Å². The molecule has 0 atom stereocenters. The van der Waals surface area contributed by atoms with Gasteiger partial charge in [0.1, 0.15) is 0 Å². The van der Waals surface area contributed by atoms with E-state index in [1.54, 1.807) is 12.4 Å². The van der Waals surface area contributed by atoms with Crippen LogP contribution in [0.4, 0.5) is 17.3 Å². The predicted molar refractivity (Wildman–Crippen MR) is 101 cm³/mol. The van der Waals surface area contributed by atoms with Gasteiger partial charge in [-0.25, -0.2) is 9.97 Å². The van der Waals surface area contributed by atoms with Crippen molar-refractivity contribution in [3.63, 3.8) is 0 Å². The maximum Gasteiger partial charge on any atom is 0.229 e. The molecule has 2 heterocycles. The third-order valence-electron chi connectivity index (χ3n) is 4.26. The molecule has 1 saturated heterocycles. The Labute approximate surface area is 148 Å². The number of nitrogens with one attached hydrogen (secondary N) is 1. The number of hydrogen-bond acceptors (Lipinski definition) is 5.